The number of rotatable bonds is 4. The van der Waals surface area contributed by atoms with Gasteiger partial charge in [0.25, 0.3) is 0 Å². The fourth-order valence-corrected chi connectivity index (χ4v) is 2.72. The van der Waals surface area contributed by atoms with Gasteiger partial charge in [-0.2, -0.15) is 0 Å². The van der Waals surface area contributed by atoms with Crippen LogP contribution in [0.4, 0.5) is 0 Å². The Balaban J connectivity index is 2.79. The normalized spacial score (nSPS) is 26.1. The summed E-state index contributed by atoms with van der Waals surface area (Å²) in [5, 5.41) is 0. The number of nitrogens with one attached hydrogen (secondary N) is 1. The molecule has 0 aromatic rings. The van der Waals surface area contributed by atoms with Gasteiger partial charge in [0.2, 0.25) is 0 Å². The number of hydrogen-bond acceptors (Lipinski definition) is 3. The van der Waals surface area contributed by atoms with Gasteiger partial charge in [-0.05, 0) is 32.1 Å². The largest absolute Gasteiger partial charge is 0.299 e. The average Bonchev–Trinajstić information content (AvgIpc) is 2.15. The van der Waals surface area contributed by atoms with Crippen molar-refractivity contribution in [2.45, 2.75) is 53.0 Å². The SMILES string of the molecule is CC1=CCCC(C)(C)C1C(=O)CC(C)NN. The summed E-state index contributed by atoms with van der Waals surface area (Å²) in [5.41, 5.74) is 3.95. The van der Waals surface area contributed by atoms with Crippen LogP contribution in [0.2, 0.25) is 0 Å². The van der Waals surface area contributed by atoms with Crippen molar-refractivity contribution in [3.8, 4) is 0 Å². The molecule has 0 heterocycles. The average molecular weight is 224 g/mol. The Morgan fingerprint density at radius 3 is 2.81 bits per heavy atom. The van der Waals surface area contributed by atoms with E-state index >= 15 is 0 Å². The van der Waals surface area contributed by atoms with Gasteiger partial charge in [-0.25, -0.2) is 0 Å². The van der Waals surface area contributed by atoms with Crippen molar-refractivity contribution in [1.82, 2.24) is 5.43 Å². The van der Waals surface area contributed by atoms with Gasteiger partial charge < -0.3 is 0 Å². The quantitative estimate of drug-likeness (QED) is 0.437. The Labute approximate surface area is 98.4 Å². The Kier molecular flexibility index (Phi) is 4.28. The summed E-state index contributed by atoms with van der Waals surface area (Å²) in [5.74, 6) is 5.71. The number of Topliss-reactive ketones (excluding diaryl/α,β-unsaturated/α-hetero) is 1. The van der Waals surface area contributed by atoms with E-state index in [1.165, 1.54) is 5.57 Å². The third-order valence-electron chi connectivity index (χ3n) is 3.61. The molecule has 3 N–H and O–H groups in total. The molecule has 0 bridgehead atoms. The van der Waals surface area contributed by atoms with Gasteiger partial charge in [0.05, 0.1) is 0 Å². The molecule has 2 atom stereocenters. The van der Waals surface area contributed by atoms with Gasteiger partial charge in [-0.1, -0.05) is 25.5 Å². The van der Waals surface area contributed by atoms with E-state index in [4.69, 9.17) is 5.84 Å². The highest BCUT2D eigenvalue weighted by Crippen LogP contribution is 2.41. The van der Waals surface area contributed by atoms with Crippen LogP contribution in [0.25, 0.3) is 0 Å². The number of hydrogen-bond donors (Lipinski definition) is 2. The van der Waals surface area contributed by atoms with Crippen LogP contribution in [-0.4, -0.2) is 11.8 Å². The molecule has 1 aliphatic carbocycles. The van der Waals surface area contributed by atoms with E-state index in [2.05, 4.69) is 32.3 Å². The van der Waals surface area contributed by atoms with E-state index in [-0.39, 0.29) is 17.4 Å². The van der Waals surface area contributed by atoms with Crippen LogP contribution in [0, 0.1) is 11.3 Å². The molecule has 0 saturated heterocycles. The van der Waals surface area contributed by atoms with Crippen molar-refractivity contribution in [3.63, 3.8) is 0 Å². The van der Waals surface area contributed by atoms with Crippen molar-refractivity contribution in [3.05, 3.63) is 11.6 Å². The van der Waals surface area contributed by atoms with Crippen molar-refractivity contribution in [2.75, 3.05) is 0 Å². The van der Waals surface area contributed by atoms with Gasteiger partial charge >= 0.3 is 0 Å². The van der Waals surface area contributed by atoms with Crippen LogP contribution in [0.3, 0.4) is 0 Å². The molecule has 16 heavy (non-hydrogen) atoms. The summed E-state index contributed by atoms with van der Waals surface area (Å²) < 4.78 is 0. The molecular formula is C13H24N2O. The molecule has 0 amide bonds. The number of carbonyl (C=O) groups excluding carboxylic acids is 1. The maximum absolute atomic E-state index is 12.3. The smallest absolute Gasteiger partial charge is 0.142 e. The number of ketones is 1. The molecule has 3 heteroatoms. The topological polar surface area (TPSA) is 55.1 Å². The fraction of sp³-hybridized carbons (Fsp3) is 0.769. The second-order valence-electron chi connectivity index (χ2n) is 5.65. The molecule has 1 aliphatic rings. The monoisotopic (exact) mass is 224 g/mol. The minimum Gasteiger partial charge on any atom is -0.299 e. The highest BCUT2D eigenvalue weighted by atomic mass is 16.1. The zero-order valence-electron chi connectivity index (χ0n) is 10.8. The summed E-state index contributed by atoms with van der Waals surface area (Å²) in [6, 6.07) is 0.0537. The molecule has 0 aromatic heterocycles. The predicted octanol–water partition coefficient (Wildman–Crippen LogP) is 2.18. The first-order valence-corrected chi connectivity index (χ1v) is 6.04. The van der Waals surface area contributed by atoms with Crippen LogP contribution in [-0.2, 0) is 4.79 Å². The Hall–Kier alpha value is -0.670. The van der Waals surface area contributed by atoms with Gasteiger partial charge in [0.15, 0.2) is 0 Å². The zero-order valence-corrected chi connectivity index (χ0v) is 10.8. The lowest BCUT2D eigenvalue weighted by atomic mass is 9.66. The van der Waals surface area contributed by atoms with E-state index in [0.29, 0.717) is 12.2 Å². The highest BCUT2D eigenvalue weighted by Gasteiger charge is 2.37. The first-order chi connectivity index (χ1) is 7.38. The van der Waals surface area contributed by atoms with Crippen LogP contribution < -0.4 is 11.3 Å². The molecule has 0 spiro atoms. The molecular weight excluding hydrogens is 200 g/mol. The minimum atomic E-state index is 0.0537. The molecule has 0 radical (unpaired) electrons. The number of nitrogens with two attached hydrogens (primary N) is 1. The lowest BCUT2D eigenvalue weighted by molar-refractivity contribution is -0.125. The van der Waals surface area contributed by atoms with Crippen LogP contribution in [0.15, 0.2) is 11.6 Å². The second-order valence-corrected chi connectivity index (χ2v) is 5.65. The van der Waals surface area contributed by atoms with Crippen LogP contribution in [0.5, 0.6) is 0 Å². The molecule has 3 nitrogen and oxygen atoms in total. The third kappa shape index (κ3) is 2.92. The molecule has 0 aliphatic heterocycles. The Morgan fingerprint density at radius 1 is 1.69 bits per heavy atom. The van der Waals surface area contributed by atoms with Crippen molar-refractivity contribution in [1.29, 1.82) is 0 Å². The van der Waals surface area contributed by atoms with Crippen molar-refractivity contribution in [2.24, 2.45) is 17.2 Å². The van der Waals surface area contributed by atoms with E-state index < -0.39 is 0 Å². The maximum Gasteiger partial charge on any atom is 0.142 e. The highest BCUT2D eigenvalue weighted by molar-refractivity contribution is 5.85. The predicted molar refractivity (Wildman–Crippen MR) is 66.7 cm³/mol. The van der Waals surface area contributed by atoms with E-state index in [1.54, 1.807) is 0 Å². The van der Waals surface area contributed by atoms with Crippen LogP contribution >= 0.6 is 0 Å². The van der Waals surface area contributed by atoms with E-state index in [1.807, 2.05) is 6.92 Å². The Morgan fingerprint density at radius 2 is 2.31 bits per heavy atom. The third-order valence-corrected chi connectivity index (χ3v) is 3.61. The maximum atomic E-state index is 12.3. The summed E-state index contributed by atoms with van der Waals surface area (Å²) in [4.78, 5) is 12.3. The zero-order chi connectivity index (χ0) is 12.3. The molecule has 0 aromatic carbocycles. The summed E-state index contributed by atoms with van der Waals surface area (Å²) in [6.07, 6.45) is 4.89. The number of allylic oxidation sites excluding steroid dienone is 2. The van der Waals surface area contributed by atoms with Gasteiger partial charge in [-0.15, -0.1) is 0 Å². The lowest BCUT2D eigenvalue weighted by Gasteiger charge is -2.37. The van der Waals surface area contributed by atoms with Gasteiger partial charge in [0.1, 0.15) is 5.78 Å². The summed E-state index contributed by atoms with van der Waals surface area (Å²) in [6.45, 7) is 8.38. The minimum absolute atomic E-state index is 0.0537. The summed E-state index contributed by atoms with van der Waals surface area (Å²) >= 11 is 0. The van der Waals surface area contributed by atoms with E-state index in [0.717, 1.165) is 12.8 Å². The molecule has 1 rings (SSSR count). The Bertz CT molecular complexity index is 294. The number of carbonyl (C=O) groups is 1. The molecule has 92 valence electrons. The van der Waals surface area contributed by atoms with Crippen molar-refractivity contribution >= 4 is 5.78 Å². The van der Waals surface area contributed by atoms with Gasteiger partial charge in [-0.3, -0.25) is 16.1 Å². The molecule has 0 saturated carbocycles. The van der Waals surface area contributed by atoms with Crippen LogP contribution in [0.1, 0.15) is 47.0 Å². The van der Waals surface area contributed by atoms with Crippen molar-refractivity contribution < 1.29 is 4.79 Å². The first-order valence-electron chi connectivity index (χ1n) is 6.04. The standard InChI is InChI=1S/C13H24N2O/c1-9-6-5-7-13(3,4)12(9)11(16)8-10(2)15-14/h6,10,12,15H,5,7-8,14H2,1-4H3. The lowest BCUT2D eigenvalue weighted by Crippen LogP contribution is -2.40. The molecule has 2 unspecified atom stereocenters. The fourth-order valence-electron chi connectivity index (χ4n) is 2.72. The second kappa shape index (κ2) is 5.11. The van der Waals surface area contributed by atoms with Gasteiger partial charge in [0, 0.05) is 18.4 Å². The number of hydrazine groups is 1. The first kappa shape index (κ1) is 13.4. The van der Waals surface area contributed by atoms with E-state index in [9.17, 15) is 4.79 Å². The summed E-state index contributed by atoms with van der Waals surface area (Å²) in [7, 11) is 0. The molecule has 0 fully saturated rings.